The topological polar surface area (TPSA) is 64.0 Å². The van der Waals surface area contributed by atoms with Crippen LogP contribution in [0.1, 0.15) is 18.9 Å². The van der Waals surface area contributed by atoms with Gasteiger partial charge in [-0.05, 0) is 43.2 Å². The van der Waals surface area contributed by atoms with Gasteiger partial charge in [0.25, 0.3) is 5.56 Å². The first-order valence-electron chi connectivity index (χ1n) is 8.68. The number of fused-ring (bicyclic) bond motifs is 1. The number of aromatic nitrogens is 2. The first-order valence-corrected chi connectivity index (χ1v) is 10.0. The lowest BCUT2D eigenvalue weighted by atomic mass is 10.2. The van der Waals surface area contributed by atoms with Crippen LogP contribution < -0.4 is 10.9 Å². The fourth-order valence-corrected chi connectivity index (χ4v) is 3.72. The predicted octanol–water partition coefficient (Wildman–Crippen LogP) is 4.50. The van der Waals surface area contributed by atoms with Crippen molar-refractivity contribution < 1.29 is 4.79 Å². The SMILES string of the molecule is CCCn1c(SCC(=O)Nc2cc(Cl)ccc2C)nc2ccccc2c1=O. The van der Waals surface area contributed by atoms with Crippen LogP contribution in [0.3, 0.4) is 0 Å². The smallest absolute Gasteiger partial charge is 0.262 e. The lowest BCUT2D eigenvalue weighted by molar-refractivity contribution is -0.113. The molecule has 2 aromatic carbocycles. The van der Waals surface area contributed by atoms with E-state index in [1.807, 2.05) is 38.1 Å². The van der Waals surface area contributed by atoms with Gasteiger partial charge in [0.05, 0.1) is 16.7 Å². The van der Waals surface area contributed by atoms with E-state index in [-0.39, 0.29) is 17.2 Å². The van der Waals surface area contributed by atoms with Crippen molar-refractivity contribution in [1.29, 1.82) is 0 Å². The molecule has 0 unspecified atom stereocenters. The second-order valence-corrected chi connectivity index (χ2v) is 7.54. The van der Waals surface area contributed by atoms with E-state index in [9.17, 15) is 9.59 Å². The van der Waals surface area contributed by atoms with E-state index in [0.717, 1.165) is 12.0 Å². The summed E-state index contributed by atoms with van der Waals surface area (Å²) in [5.41, 5.74) is 2.19. The molecule has 0 spiro atoms. The summed E-state index contributed by atoms with van der Waals surface area (Å²) in [7, 11) is 0. The Labute approximate surface area is 166 Å². The Morgan fingerprint density at radius 1 is 1.26 bits per heavy atom. The van der Waals surface area contributed by atoms with Gasteiger partial charge in [0.2, 0.25) is 5.91 Å². The molecule has 140 valence electrons. The van der Waals surface area contributed by atoms with Crippen LogP contribution in [-0.2, 0) is 11.3 Å². The number of hydrogen-bond donors (Lipinski definition) is 1. The number of nitrogens with one attached hydrogen (secondary N) is 1. The van der Waals surface area contributed by atoms with Gasteiger partial charge < -0.3 is 5.32 Å². The lowest BCUT2D eigenvalue weighted by Crippen LogP contribution is -2.24. The first kappa shape index (κ1) is 19.5. The van der Waals surface area contributed by atoms with Gasteiger partial charge in [-0.1, -0.05) is 48.5 Å². The molecule has 0 fully saturated rings. The third-order valence-electron chi connectivity index (χ3n) is 4.08. The number of aryl methyl sites for hydroxylation is 1. The zero-order valence-electron chi connectivity index (χ0n) is 15.2. The van der Waals surface area contributed by atoms with E-state index in [2.05, 4.69) is 10.3 Å². The van der Waals surface area contributed by atoms with Crippen LogP contribution in [0.15, 0.2) is 52.4 Å². The molecule has 3 rings (SSSR count). The van der Waals surface area contributed by atoms with Gasteiger partial charge in [-0.15, -0.1) is 0 Å². The van der Waals surface area contributed by atoms with Gasteiger partial charge in [-0.25, -0.2) is 4.98 Å². The lowest BCUT2D eigenvalue weighted by Gasteiger charge is -2.13. The highest BCUT2D eigenvalue weighted by molar-refractivity contribution is 7.99. The second-order valence-electron chi connectivity index (χ2n) is 6.16. The summed E-state index contributed by atoms with van der Waals surface area (Å²) in [5.74, 6) is -0.0173. The number of benzene rings is 2. The molecule has 5 nitrogen and oxygen atoms in total. The highest BCUT2D eigenvalue weighted by atomic mass is 35.5. The van der Waals surface area contributed by atoms with Gasteiger partial charge in [-0.2, -0.15) is 0 Å². The van der Waals surface area contributed by atoms with Crippen molar-refractivity contribution in [3.8, 4) is 0 Å². The Hall–Kier alpha value is -2.31. The number of para-hydroxylation sites is 1. The molecule has 0 aliphatic carbocycles. The Kier molecular flexibility index (Phi) is 6.19. The molecule has 1 amide bonds. The van der Waals surface area contributed by atoms with Crippen LogP contribution in [-0.4, -0.2) is 21.2 Å². The molecule has 0 radical (unpaired) electrons. The number of thioether (sulfide) groups is 1. The van der Waals surface area contributed by atoms with Crippen molar-refractivity contribution in [1.82, 2.24) is 9.55 Å². The van der Waals surface area contributed by atoms with Crippen LogP contribution >= 0.6 is 23.4 Å². The van der Waals surface area contributed by atoms with Gasteiger partial charge in [-0.3, -0.25) is 14.2 Å². The Morgan fingerprint density at radius 3 is 2.81 bits per heavy atom. The van der Waals surface area contributed by atoms with Crippen LogP contribution in [0.2, 0.25) is 5.02 Å². The first-order chi connectivity index (χ1) is 13.0. The number of anilines is 1. The molecule has 1 heterocycles. The maximum absolute atomic E-state index is 12.8. The van der Waals surface area contributed by atoms with E-state index >= 15 is 0 Å². The maximum atomic E-state index is 12.8. The summed E-state index contributed by atoms with van der Waals surface area (Å²) in [6.45, 7) is 4.47. The van der Waals surface area contributed by atoms with Gasteiger partial charge >= 0.3 is 0 Å². The Balaban J connectivity index is 1.81. The fraction of sp³-hybridized carbons (Fsp3) is 0.250. The van der Waals surface area contributed by atoms with Crippen molar-refractivity contribution in [2.45, 2.75) is 32.0 Å². The quantitative estimate of drug-likeness (QED) is 0.488. The number of nitrogens with zero attached hydrogens (tertiary/aromatic N) is 2. The Morgan fingerprint density at radius 2 is 2.04 bits per heavy atom. The minimum Gasteiger partial charge on any atom is -0.325 e. The molecule has 0 atom stereocenters. The highest BCUT2D eigenvalue weighted by Crippen LogP contribution is 2.22. The summed E-state index contributed by atoms with van der Waals surface area (Å²) >= 11 is 7.26. The largest absolute Gasteiger partial charge is 0.325 e. The van der Waals surface area contributed by atoms with Gasteiger partial charge in [0.15, 0.2) is 5.16 Å². The van der Waals surface area contributed by atoms with E-state index in [4.69, 9.17) is 11.6 Å². The van der Waals surface area contributed by atoms with Crippen molar-refractivity contribution in [2.75, 3.05) is 11.1 Å². The molecule has 1 aromatic heterocycles. The molecule has 0 saturated carbocycles. The zero-order chi connectivity index (χ0) is 19.4. The van der Waals surface area contributed by atoms with Crippen LogP contribution in [0, 0.1) is 6.92 Å². The summed E-state index contributed by atoms with van der Waals surface area (Å²) < 4.78 is 1.64. The van der Waals surface area contributed by atoms with Crippen molar-refractivity contribution in [3.63, 3.8) is 0 Å². The predicted molar refractivity (Wildman–Crippen MR) is 112 cm³/mol. The number of carbonyl (C=O) groups is 1. The van der Waals surface area contributed by atoms with Crippen molar-refractivity contribution >= 4 is 45.9 Å². The number of halogens is 1. The van der Waals surface area contributed by atoms with Crippen molar-refractivity contribution in [3.05, 3.63) is 63.4 Å². The summed E-state index contributed by atoms with van der Waals surface area (Å²) in [4.78, 5) is 29.7. The molecule has 0 bridgehead atoms. The molecule has 27 heavy (non-hydrogen) atoms. The summed E-state index contributed by atoms with van der Waals surface area (Å²) in [6, 6.07) is 12.6. The minimum atomic E-state index is -0.171. The number of amides is 1. The average Bonchev–Trinajstić information content (AvgIpc) is 2.66. The van der Waals surface area contributed by atoms with Crippen molar-refractivity contribution in [2.24, 2.45) is 0 Å². The van der Waals surface area contributed by atoms with Crippen LogP contribution in [0.25, 0.3) is 10.9 Å². The summed E-state index contributed by atoms with van der Waals surface area (Å²) in [6.07, 6.45) is 0.807. The van der Waals surface area contributed by atoms with Gasteiger partial charge in [0.1, 0.15) is 0 Å². The highest BCUT2D eigenvalue weighted by Gasteiger charge is 2.13. The van der Waals surface area contributed by atoms with E-state index in [1.165, 1.54) is 11.8 Å². The maximum Gasteiger partial charge on any atom is 0.262 e. The normalized spacial score (nSPS) is 10.9. The molecule has 7 heteroatoms. The number of rotatable bonds is 6. The molecule has 0 aliphatic heterocycles. The number of carbonyl (C=O) groups excluding carboxylic acids is 1. The number of hydrogen-bond acceptors (Lipinski definition) is 4. The monoisotopic (exact) mass is 401 g/mol. The molecule has 3 aromatic rings. The molecule has 1 N–H and O–H groups in total. The fourth-order valence-electron chi connectivity index (χ4n) is 2.72. The summed E-state index contributed by atoms with van der Waals surface area (Å²) in [5, 5.41) is 4.58. The molecular weight excluding hydrogens is 382 g/mol. The third-order valence-corrected chi connectivity index (χ3v) is 5.29. The van der Waals surface area contributed by atoms with E-state index < -0.39 is 0 Å². The molecule has 0 aliphatic rings. The third kappa shape index (κ3) is 4.51. The standard InChI is InChI=1S/C20H20ClN3O2S/c1-3-10-24-19(26)15-6-4-5-7-16(15)23-20(24)27-12-18(25)22-17-11-14(21)9-8-13(17)2/h4-9,11H,3,10,12H2,1-2H3,(H,22,25). The van der Waals surface area contributed by atoms with E-state index in [0.29, 0.717) is 33.3 Å². The van der Waals surface area contributed by atoms with Crippen LogP contribution in [0.4, 0.5) is 5.69 Å². The van der Waals surface area contributed by atoms with Gasteiger partial charge in [0, 0.05) is 17.3 Å². The molecular formula is C20H20ClN3O2S. The van der Waals surface area contributed by atoms with Crippen LogP contribution in [0.5, 0.6) is 0 Å². The van der Waals surface area contributed by atoms with E-state index in [1.54, 1.807) is 22.8 Å². The Bertz CT molecular complexity index is 1050. The zero-order valence-corrected chi connectivity index (χ0v) is 16.7. The minimum absolute atomic E-state index is 0.0731. The second kappa shape index (κ2) is 8.59. The average molecular weight is 402 g/mol. The molecule has 0 saturated heterocycles.